The van der Waals surface area contributed by atoms with Crippen molar-refractivity contribution in [2.45, 2.75) is 72.1 Å². The molecule has 1 heteroatoms. The van der Waals surface area contributed by atoms with Crippen molar-refractivity contribution in [3.8, 4) is 0 Å². The number of hydrogen-bond donors (Lipinski definition) is 0. The molecular weight excluding hydrogens is 220 g/mol. The Balaban J connectivity index is 1.86. The molecule has 0 amide bonds. The van der Waals surface area contributed by atoms with Gasteiger partial charge in [0.15, 0.2) is 0 Å². The lowest BCUT2D eigenvalue weighted by atomic mass is 9.38. The molecule has 3 aliphatic rings. The summed E-state index contributed by atoms with van der Waals surface area (Å²) in [5.74, 6) is 2.62. The number of fused-ring (bicyclic) bond motifs is 4. The fourth-order valence-corrected chi connectivity index (χ4v) is 5.85. The van der Waals surface area contributed by atoms with Gasteiger partial charge in [-0.3, -0.25) is 4.79 Å². The fraction of sp³-hybridized carbons (Fsp3) is 0.941. The van der Waals surface area contributed by atoms with E-state index in [9.17, 15) is 4.79 Å². The molecule has 3 saturated carbocycles. The van der Waals surface area contributed by atoms with Gasteiger partial charge in [-0.1, -0.05) is 46.5 Å². The van der Waals surface area contributed by atoms with Crippen LogP contribution < -0.4 is 0 Å². The van der Waals surface area contributed by atoms with E-state index in [1.165, 1.54) is 44.9 Å². The third-order valence-electron chi connectivity index (χ3n) is 6.16. The first kappa shape index (κ1) is 12.7. The van der Waals surface area contributed by atoms with E-state index in [-0.39, 0.29) is 5.41 Å². The first-order valence-corrected chi connectivity index (χ1v) is 7.97. The van der Waals surface area contributed by atoms with Crippen LogP contribution in [0.3, 0.4) is 0 Å². The van der Waals surface area contributed by atoms with Crippen LogP contribution >= 0.6 is 0 Å². The standard InChI is InChI=1S/C17H28O/c1-16(2)10-14(18)15-12-8-6-4-5-7-9-13(12)17(15,3)11-16/h12-13,15H,4-11H2,1-3H3. The second kappa shape index (κ2) is 4.08. The third kappa shape index (κ3) is 1.77. The lowest BCUT2D eigenvalue weighted by molar-refractivity contribution is -0.184. The van der Waals surface area contributed by atoms with Gasteiger partial charge in [0.1, 0.15) is 5.78 Å². The highest BCUT2D eigenvalue weighted by Gasteiger charge is 2.64. The van der Waals surface area contributed by atoms with E-state index < -0.39 is 0 Å². The highest BCUT2D eigenvalue weighted by Crippen LogP contribution is 2.67. The van der Waals surface area contributed by atoms with Crippen LogP contribution in [0.1, 0.15) is 72.1 Å². The molecule has 102 valence electrons. The maximum atomic E-state index is 12.5. The van der Waals surface area contributed by atoms with Gasteiger partial charge in [-0.25, -0.2) is 0 Å². The summed E-state index contributed by atoms with van der Waals surface area (Å²) in [5.41, 5.74) is 0.594. The number of hydrogen-bond acceptors (Lipinski definition) is 1. The zero-order chi connectivity index (χ0) is 13.0. The maximum Gasteiger partial charge on any atom is 0.137 e. The Hall–Kier alpha value is -0.330. The summed E-state index contributed by atoms with van der Waals surface area (Å²) >= 11 is 0. The Morgan fingerprint density at radius 2 is 1.67 bits per heavy atom. The van der Waals surface area contributed by atoms with Crippen molar-refractivity contribution in [2.75, 3.05) is 0 Å². The zero-order valence-corrected chi connectivity index (χ0v) is 12.3. The molecule has 3 rings (SSSR count). The Bertz CT molecular complexity index is 357. The topological polar surface area (TPSA) is 17.1 Å². The molecule has 3 fully saturated rings. The summed E-state index contributed by atoms with van der Waals surface area (Å²) in [6.07, 6.45) is 10.4. The molecule has 0 aliphatic heterocycles. The molecule has 4 unspecified atom stereocenters. The molecule has 0 aromatic carbocycles. The van der Waals surface area contributed by atoms with Crippen LogP contribution in [0.15, 0.2) is 0 Å². The first-order valence-electron chi connectivity index (χ1n) is 7.97. The molecule has 1 nitrogen and oxygen atoms in total. The normalized spacial score (nSPS) is 47.3. The van der Waals surface area contributed by atoms with Gasteiger partial charge < -0.3 is 0 Å². The van der Waals surface area contributed by atoms with Crippen LogP contribution in [0.25, 0.3) is 0 Å². The van der Waals surface area contributed by atoms with Crippen LogP contribution in [0.5, 0.6) is 0 Å². The molecule has 0 aromatic heterocycles. The van der Waals surface area contributed by atoms with Gasteiger partial charge in [0.25, 0.3) is 0 Å². The van der Waals surface area contributed by atoms with E-state index >= 15 is 0 Å². The summed E-state index contributed by atoms with van der Waals surface area (Å²) in [6.45, 7) is 7.02. The monoisotopic (exact) mass is 248 g/mol. The van der Waals surface area contributed by atoms with Crippen molar-refractivity contribution in [2.24, 2.45) is 28.6 Å². The van der Waals surface area contributed by atoms with Crippen LogP contribution in [0.2, 0.25) is 0 Å². The minimum Gasteiger partial charge on any atom is -0.299 e. The van der Waals surface area contributed by atoms with Gasteiger partial charge in [0.2, 0.25) is 0 Å². The number of rotatable bonds is 0. The summed E-state index contributed by atoms with van der Waals surface area (Å²) in [7, 11) is 0. The molecule has 0 spiro atoms. The molecule has 0 radical (unpaired) electrons. The van der Waals surface area contributed by atoms with Crippen molar-refractivity contribution in [3.05, 3.63) is 0 Å². The highest BCUT2D eigenvalue weighted by molar-refractivity contribution is 5.85. The lowest BCUT2D eigenvalue weighted by Gasteiger charge is -2.65. The minimum atomic E-state index is 0.246. The SMILES string of the molecule is CC1(C)CC(=O)C2C3CCCCCCC3C2(C)C1. The Labute approximate surface area is 112 Å². The van der Waals surface area contributed by atoms with E-state index in [4.69, 9.17) is 0 Å². The van der Waals surface area contributed by atoms with E-state index in [1.807, 2.05) is 0 Å². The first-order chi connectivity index (χ1) is 8.44. The quantitative estimate of drug-likeness (QED) is 0.612. The average molecular weight is 248 g/mol. The number of carbonyl (C=O) groups is 1. The summed E-state index contributed by atoms with van der Waals surface area (Å²) in [4.78, 5) is 12.5. The van der Waals surface area contributed by atoms with E-state index in [1.54, 1.807) is 0 Å². The van der Waals surface area contributed by atoms with E-state index in [2.05, 4.69) is 20.8 Å². The van der Waals surface area contributed by atoms with Gasteiger partial charge in [-0.15, -0.1) is 0 Å². The fourth-order valence-electron chi connectivity index (χ4n) is 5.85. The number of carbonyl (C=O) groups excluding carboxylic acids is 1. The maximum absolute atomic E-state index is 12.5. The molecule has 18 heavy (non-hydrogen) atoms. The lowest BCUT2D eigenvalue weighted by Crippen LogP contribution is -2.62. The molecule has 3 aliphatic carbocycles. The molecule has 0 heterocycles. The Morgan fingerprint density at radius 1 is 1.00 bits per heavy atom. The predicted molar refractivity (Wildman–Crippen MR) is 74.3 cm³/mol. The van der Waals surface area contributed by atoms with Crippen LogP contribution in [0.4, 0.5) is 0 Å². The molecule has 0 aromatic rings. The molecule has 0 N–H and O–H groups in total. The predicted octanol–water partition coefficient (Wildman–Crippen LogP) is 4.60. The Morgan fingerprint density at radius 3 is 2.39 bits per heavy atom. The summed E-state index contributed by atoms with van der Waals surface area (Å²) in [6, 6.07) is 0. The minimum absolute atomic E-state index is 0.246. The zero-order valence-electron chi connectivity index (χ0n) is 12.3. The van der Waals surface area contributed by atoms with E-state index in [0.717, 1.165) is 18.3 Å². The van der Waals surface area contributed by atoms with Crippen molar-refractivity contribution in [3.63, 3.8) is 0 Å². The van der Waals surface area contributed by atoms with Crippen molar-refractivity contribution in [1.29, 1.82) is 0 Å². The number of Topliss-reactive ketones (excluding diaryl/α,β-unsaturated/α-hetero) is 1. The van der Waals surface area contributed by atoms with Crippen LogP contribution in [0, 0.1) is 28.6 Å². The van der Waals surface area contributed by atoms with Crippen LogP contribution in [-0.2, 0) is 4.79 Å². The average Bonchev–Trinajstić information content (AvgIpc) is 2.18. The van der Waals surface area contributed by atoms with Gasteiger partial charge >= 0.3 is 0 Å². The summed E-state index contributed by atoms with van der Waals surface area (Å²) in [5, 5.41) is 0. The van der Waals surface area contributed by atoms with Crippen LogP contribution in [-0.4, -0.2) is 5.78 Å². The highest BCUT2D eigenvalue weighted by atomic mass is 16.1. The second-order valence-corrected chi connectivity index (χ2v) is 8.23. The molecule has 0 saturated heterocycles. The summed E-state index contributed by atoms with van der Waals surface area (Å²) < 4.78 is 0. The van der Waals surface area contributed by atoms with Gasteiger partial charge in [-0.05, 0) is 41.9 Å². The van der Waals surface area contributed by atoms with Crippen molar-refractivity contribution >= 4 is 5.78 Å². The molecular formula is C17H28O. The van der Waals surface area contributed by atoms with Gasteiger partial charge in [-0.2, -0.15) is 0 Å². The van der Waals surface area contributed by atoms with Gasteiger partial charge in [0, 0.05) is 12.3 Å². The second-order valence-electron chi connectivity index (χ2n) is 8.23. The van der Waals surface area contributed by atoms with E-state index in [0.29, 0.717) is 17.1 Å². The third-order valence-corrected chi connectivity index (χ3v) is 6.16. The smallest absolute Gasteiger partial charge is 0.137 e. The molecule has 0 bridgehead atoms. The van der Waals surface area contributed by atoms with Gasteiger partial charge in [0.05, 0.1) is 0 Å². The number of ketones is 1. The van der Waals surface area contributed by atoms with Crippen molar-refractivity contribution < 1.29 is 4.79 Å². The van der Waals surface area contributed by atoms with Crippen molar-refractivity contribution in [1.82, 2.24) is 0 Å². The Kier molecular flexibility index (Phi) is 2.88. The molecule has 4 atom stereocenters. The largest absolute Gasteiger partial charge is 0.299 e.